The van der Waals surface area contributed by atoms with Gasteiger partial charge in [0.15, 0.2) is 0 Å². The predicted molar refractivity (Wildman–Crippen MR) is 172 cm³/mol. The topological polar surface area (TPSA) is 128 Å². The zero-order valence-electron chi connectivity index (χ0n) is 29.2. The number of aromatic nitrogens is 1. The minimum atomic E-state index is -0.522. The first-order valence-corrected chi connectivity index (χ1v) is 15.4. The second-order valence-electron chi connectivity index (χ2n) is 11.2. The number of pyridine rings is 1. The number of anilines is 3. The molecule has 3 aliphatic rings. The van der Waals surface area contributed by atoms with Crippen molar-refractivity contribution >= 4 is 56.5 Å². The van der Waals surface area contributed by atoms with Gasteiger partial charge in [0.25, 0.3) is 11.8 Å². The first kappa shape index (κ1) is 23.2. The molecule has 4 amide bonds. The number of nitrogens with one attached hydrogen (secondary N) is 2. The molecule has 7 rings (SSSR count). The van der Waals surface area contributed by atoms with Gasteiger partial charge in [-0.1, -0.05) is 24.2 Å². The molecule has 2 aliphatic heterocycles. The molecule has 0 spiro atoms. The quantitative estimate of drug-likeness (QED) is 0.175. The fraction of sp³-hybridized carbons (Fsp3) is 0.265. The number of rotatable bonds is 7. The highest BCUT2D eigenvalue weighted by atomic mass is 32.1. The lowest BCUT2D eigenvalue weighted by Crippen LogP contribution is -2.50. The van der Waals surface area contributed by atoms with Crippen molar-refractivity contribution in [1.29, 1.82) is 5.26 Å². The average molecular weight is 624 g/mol. The summed E-state index contributed by atoms with van der Waals surface area (Å²) in [5, 5.41) is 16.0. The Kier molecular flexibility index (Phi) is 6.04. The number of benzene rings is 2. The van der Waals surface area contributed by atoms with Crippen LogP contribution in [0.1, 0.15) is 47.8 Å². The highest BCUT2D eigenvalue weighted by molar-refractivity contribution is 7.21. The maximum atomic E-state index is 13.7. The number of nitrogens with zero attached hydrogens (tertiary/aromatic N) is 4. The van der Waals surface area contributed by atoms with Gasteiger partial charge in [-0.15, -0.1) is 11.3 Å². The molecule has 2 fully saturated rings. The summed E-state index contributed by atoms with van der Waals surface area (Å²) in [6.45, 7) is 2.52. The minimum Gasteiger partial charge on any atom is -0.457 e. The van der Waals surface area contributed by atoms with Crippen LogP contribution in [0.5, 0.6) is 11.5 Å². The van der Waals surface area contributed by atoms with E-state index in [1.807, 2.05) is 6.07 Å². The summed E-state index contributed by atoms with van der Waals surface area (Å²) in [5.41, 5.74) is 2.08. The molecule has 4 heterocycles. The van der Waals surface area contributed by atoms with Gasteiger partial charge < -0.3 is 20.3 Å². The highest BCUT2D eigenvalue weighted by Gasteiger charge is 2.35. The number of urea groups is 1. The van der Waals surface area contributed by atoms with E-state index in [1.165, 1.54) is 11.0 Å². The number of para-hydroxylation sites is 1. The Morgan fingerprint density at radius 2 is 2.00 bits per heavy atom. The van der Waals surface area contributed by atoms with E-state index < -0.39 is 42.2 Å². The van der Waals surface area contributed by atoms with Crippen LogP contribution in [-0.4, -0.2) is 46.9 Å². The molecular formula is C34H30N6O4S. The number of thiophene rings is 1. The number of nitriles is 1. The number of amides is 4. The monoisotopic (exact) mass is 623 g/mol. The number of carbonyl (C=O) groups excluding carboxylic acids is 3. The number of ether oxygens (including phenoxy) is 1. The summed E-state index contributed by atoms with van der Waals surface area (Å²) in [6, 6.07) is 5.14. The molecule has 1 aliphatic carbocycles. The Morgan fingerprint density at radius 1 is 1.18 bits per heavy atom. The van der Waals surface area contributed by atoms with Crippen LogP contribution >= 0.6 is 11.3 Å². The summed E-state index contributed by atoms with van der Waals surface area (Å²) in [7, 11) is 0. The third kappa shape index (κ3) is 5.60. The van der Waals surface area contributed by atoms with E-state index in [9.17, 15) is 19.6 Å². The maximum Gasteiger partial charge on any atom is 0.331 e. The average Bonchev–Trinajstić information content (AvgIpc) is 3.86. The molecule has 1 saturated heterocycles. The van der Waals surface area contributed by atoms with E-state index >= 15 is 0 Å². The summed E-state index contributed by atoms with van der Waals surface area (Å²) in [5.74, 6) is -0.538. The van der Waals surface area contributed by atoms with Gasteiger partial charge in [-0.3, -0.25) is 14.5 Å². The van der Waals surface area contributed by atoms with E-state index in [2.05, 4.69) is 15.6 Å². The fourth-order valence-electron chi connectivity index (χ4n) is 5.69. The zero-order chi connectivity index (χ0) is 35.4. The second kappa shape index (κ2) is 11.7. The van der Waals surface area contributed by atoms with Crippen molar-refractivity contribution in [3.05, 3.63) is 82.8 Å². The largest absolute Gasteiger partial charge is 0.457 e. The van der Waals surface area contributed by atoms with E-state index in [0.717, 1.165) is 24.2 Å². The third-order valence-electron chi connectivity index (χ3n) is 7.98. The molecule has 226 valence electrons. The maximum absolute atomic E-state index is 13.7. The van der Waals surface area contributed by atoms with Gasteiger partial charge in [0.05, 0.1) is 29.3 Å². The van der Waals surface area contributed by atoms with E-state index in [-0.39, 0.29) is 46.4 Å². The van der Waals surface area contributed by atoms with Crippen molar-refractivity contribution in [2.45, 2.75) is 38.6 Å². The third-order valence-corrected chi connectivity index (χ3v) is 9.07. The van der Waals surface area contributed by atoms with Crippen LogP contribution in [-0.2, 0) is 4.79 Å². The number of allylic oxidation sites excluding steroid dienone is 1. The molecule has 10 nitrogen and oxygen atoms in total. The van der Waals surface area contributed by atoms with Gasteiger partial charge in [-0.2, -0.15) is 5.26 Å². The molecule has 45 heavy (non-hydrogen) atoms. The normalized spacial score (nSPS) is 19.5. The van der Waals surface area contributed by atoms with Crippen molar-refractivity contribution in [3.63, 3.8) is 0 Å². The molecular weight excluding hydrogens is 588 g/mol. The summed E-state index contributed by atoms with van der Waals surface area (Å²) >= 11 is 1.15. The van der Waals surface area contributed by atoms with Crippen LogP contribution in [0, 0.1) is 24.2 Å². The number of carbonyl (C=O) groups is 3. The number of likely N-dealkylation sites (tertiary alicyclic amines) is 1. The first-order chi connectivity index (χ1) is 24.0. The molecule has 0 bridgehead atoms. The predicted octanol–water partition coefficient (Wildman–Crippen LogP) is 6.66. The summed E-state index contributed by atoms with van der Waals surface area (Å²) < 4.78 is 45.7. The van der Waals surface area contributed by atoms with Crippen LogP contribution in [0.4, 0.5) is 21.9 Å². The Balaban J connectivity index is 1.13. The van der Waals surface area contributed by atoms with Crippen molar-refractivity contribution in [3.8, 4) is 17.6 Å². The summed E-state index contributed by atoms with van der Waals surface area (Å²) in [6.07, 6.45) is 6.59. The zero-order valence-corrected chi connectivity index (χ0v) is 25.0. The molecule has 1 saturated carbocycles. The number of hydrogen-bond donors (Lipinski definition) is 2. The molecule has 2 aromatic heterocycles. The van der Waals surface area contributed by atoms with E-state index in [1.54, 1.807) is 42.3 Å². The Hall–Kier alpha value is -5.21. The van der Waals surface area contributed by atoms with Crippen molar-refractivity contribution < 1.29 is 26.0 Å². The minimum absolute atomic E-state index is 0.144. The Morgan fingerprint density at radius 3 is 2.76 bits per heavy atom. The van der Waals surface area contributed by atoms with Crippen LogP contribution in [0.25, 0.3) is 10.2 Å². The number of piperidine rings is 1. The molecule has 11 heteroatoms. The van der Waals surface area contributed by atoms with Gasteiger partial charge in [-0.05, 0) is 80.4 Å². The van der Waals surface area contributed by atoms with Crippen molar-refractivity contribution in [2.24, 2.45) is 5.92 Å². The lowest BCUT2D eigenvalue weighted by Gasteiger charge is -2.33. The van der Waals surface area contributed by atoms with Crippen molar-refractivity contribution in [2.75, 3.05) is 23.3 Å². The lowest BCUT2D eigenvalue weighted by atomic mass is 10.0. The Bertz CT molecular complexity index is 2170. The molecule has 1 atom stereocenters. The Labute approximate surface area is 270 Å². The molecule has 4 aromatic rings. The number of aryl methyl sites for hydroxylation is 1. The molecule has 1 unspecified atom stereocenters. The van der Waals surface area contributed by atoms with Gasteiger partial charge in [-0.25, -0.2) is 9.78 Å². The van der Waals surface area contributed by atoms with Crippen LogP contribution in [0.15, 0.2) is 72.3 Å². The van der Waals surface area contributed by atoms with E-state index in [4.69, 9.17) is 11.6 Å². The molecule has 2 aromatic carbocycles. The highest BCUT2D eigenvalue weighted by Crippen LogP contribution is 2.46. The van der Waals surface area contributed by atoms with Gasteiger partial charge in [0, 0.05) is 25.3 Å². The van der Waals surface area contributed by atoms with E-state index in [0.29, 0.717) is 52.2 Å². The second-order valence-corrected chi connectivity index (χ2v) is 12.2. The first-order valence-electron chi connectivity index (χ1n) is 17.1. The molecule has 2 N–H and O–H groups in total. The van der Waals surface area contributed by atoms with Gasteiger partial charge in [0.1, 0.15) is 32.8 Å². The van der Waals surface area contributed by atoms with Crippen LogP contribution in [0.3, 0.4) is 0 Å². The standard InChI is InChI=1S/C34H30N6O4S/c1-20-16-25(44-24-7-3-2-4-8-24)11-12-26(20)40-27-13-14-36-32-28(27)29(38-34(40)43)30(45-32)31(41)37-23-6-5-15-39(19-23)33(42)22(18-35)17-21-9-10-21/h2-4,7-8,11-14,16-17,21,23H,5-6,9-10,15,19H2,1H3,(H,37,41)(H,38,43)/i2D,3D,4D,7D,8D. The molecule has 0 radical (unpaired) electrons. The lowest BCUT2D eigenvalue weighted by molar-refractivity contribution is -0.128. The van der Waals surface area contributed by atoms with Gasteiger partial charge in [0.2, 0.25) is 0 Å². The SMILES string of the molecule is [2H]c1c([2H])c([2H])c(Oc2ccc(N3C(=O)Nc4c(C(=O)NC5CCCN(C(=O)C(C#N)=CC6CC6)C5)sc5nccc3c45)c(C)c2)c([2H])c1[2H]. The van der Waals surface area contributed by atoms with Crippen LogP contribution in [0.2, 0.25) is 0 Å². The smallest absolute Gasteiger partial charge is 0.331 e. The summed E-state index contributed by atoms with van der Waals surface area (Å²) in [4.78, 5) is 48.8. The van der Waals surface area contributed by atoms with Gasteiger partial charge >= 0.3 is 6.03 Å². The van der Waals surface area contributed by atoms with Crippen molar-refractivity contribution in [1.82, 2.24) is 15.2 Å². The van der Waals surface area contributed by atoms with Crippen LogP contribution < -0.4 is 20.3 Å². The fourth-order valence-corrected chi connectivity index (χ4v) is 6.71. The number of hydrogen-bond acceptors (Lipinski definition) is 7.